The van der Waals surface area contributed by atoms with E-state index in [9.17, 15) is 20.1 Å². The van der Waals surface area contributed by atoms with Gasteiger partial charge in [0.25, 0.3) is 0 Å². The summed E-state index contributed by atoms with van der Waals surface area (Å²) in [5.74, 6) is 6.55. The summed E-state index contributed by atoms with van der Waals surface area (Å²) in [5, 5.41) is 33.5. The number of aromatic hydroxyl groups is 1. The van der Waals surface area contributed by atoms with Gasteiger partial charge in [0.15, 0.2) is 5.75 Å². The van der Waals surface area contributed by atoms with Crippen LogP contribution in [0.25, 0.3) is 0 Å². The van der Waals surface area contributed by atoms with Crippen molar-refractivity contribution in [1.82, 2.24) is 0 Å². The quantitative estimate of drug-likeness (QED) is 0.137. The van der Waals surface area contributed by atoms with Gasteiger partial charge in [-0.1, -0.05) is 53.9 Å². The number of unbranched alkanes of at least 4 members (excludes halogenated alkanes) is 1. The second-order valence-corrected chi connectivity index (χ2v) is 10.6. The minimum atomic E-state index is -0.557. The average Bonchev–Trinajstić information content (AvgIpc) is 3.33. The van der Waals surface area contributed by atoms with Crippen molar-refractivity contribution in [3.05, 3.63) is 46.0 Å². The van der Waals surface area contributed by atoms with Crippen LogP contribution in [0.3, 0.4) is 0 Å². The lowest BCUT2D eigenvalue weighted by Gasteiger charge is -2.19. The van der Waals surface area contributed by atoms with E-state index in [0.717, 1.165) is 32.1 Å². The number of rotatable bonds is 9. The number of hydrogen-bond acceptors (Lipinski definition) is 4. The number of allylic oxidation sites excluding steroid dienone is 2. The fourth-order valence-electron chi connectivity index (χ4n) is 5.19. The van der Waals surface area contributed by atoms with Crippen LogP contribution in [0.5, 0.6) is 5.75 Å². The fourth-order valence-corrected chi connectivity index (χ4v) is 5.67. The molecule has 4 N–H and O–H groups in total. The number of carbonyl (C=O) groups is 1. The minimum Gasteiger partial charge on any atom is -0.505 e. The molecule has 2 saturated carbocycles. The van der Waals surface area contributed by atoms with Crippen LogP contribution < -0.4 is 5.32 Å². The molecule has 0 saturated heterocycles. The van der Waals surface area contributed by atoms with Gasteiger partial charge in [-0.3, -0.25) is 4.79 Å². The van der Waals surface area contributed by atoms with Crippen molar-refractivity contribution in [3.8, 4) is 17.6 Å². The number of phenolic OH excluding ortho intramolecular Hbond substituents is 1. The van der Waals surface area contributed by atoms with Gasteiger partial charge in [-0.2, -0.15) is 0 Å². The fraction of sp³-hybridized carbons (Fsp3) is 0.536. The summed E-state index contributed by atoms with van der Waals surface area (Å²) in [5.41, 5.74) is 1.86. The van der Waals surface area contributed by atoms with Crippen LogP contribution >= 0.6 is 23.2 Å². The van der Waals surface area contributed by atoms with Crippen molar-refractivity contribution in [1.29, 1.82) is 0 Å². The molecule has 0 aromatic heterocycles. The molecule has 0 radical (unpaired) electrons. The van der Waals surface area contributed by atoms with Crippen LogP contribution in [-0.2, 0) is 4.79 Å². The molecule has 3 rings (SSSR count). The van der Waals surface area contributed by atoms with Gasteiger partial charge in [0.1, 0.15) is 0 Å². The van der Waals surface area contributed by atoms with Crippen molar-refractivity contribution < 1.29 is 20.1 Å². The summed E-state index contributed by atoms with van der Waals surface area (Å²) >= 11 is 11.8. The number of benzene rings is 1. The third kappa shape index (κ3) is 7.51. The van der Waals surface area contributed by atoms with E-state index < -0.39 is 6.10 Å². The molecule has 1 amide bonds. The van der Waals surface area contributed by atoms with Gasteiger partial charge in [0.2, 0.25) is 5.91 Å². The van der Waals surface area contributed by atoms with Gasteiger partial charge in [-0.05, 0) is 68.9 Å². The number of fused-ring (bicyclic) bond motifs is 1. The molecule has 0 bridgehead atoms. The van der Waals surface area contributed by atoms with E-state index in [4.69, 9.17) is 23.2 Å². The Labute approximate surface area is 218 Å². The molecule has 0 aliphatic heterocycles. The smallest absolute Gasteiger partial charge is 0.224 e. The van der Waals surface area contributed by atoms with E-state index in [0.29, 0.717) is 30.4 Å². The van der Waals surface area contributed by atoms with Gasteiger partial charge in [-0.15, -0.1) is 11.8 Å². The Balaban J connectivity index is 1.46. The number of aliphatic hydroxyl groups is 2. The molecular weight excluding hydrogens is 485 g/mol. The normalized spacial score (nSPS) is 26.4. The Morgan fingerprint density at radius 2 is 2.00 bits per heavy atom. The van der Waals surface area contributed by atoms with Crippen LogP contribution in [0.4, 0.5) is 5.69 Å². The van der Waals surface area contributed by atoms with Crippen LogP contribution in [-0.4, -0.2) is 33.4 Å². The summed E-state index contributed by atoms with van der Waals surface area (Å²) in [6.45, 7) is 3.79. The maximum atomic E-state index is 12.2. The van der Waals surface area contributed by atoms with E-state index in [1.54, 1.807) is 6.92 Å². The van der Waals surface area contributed by atoms with Crippen LogP contribution in [0, 0.1) is 35.5 Å². The summed E-state index contributed by atoms with van der Waals surface area (Å²) in [6.07, 6.45) is 10.5. The molecule has 2 aliphatic rings. The highest BCUT2D eigenvalue weighted by Gasteiger charge is 2.45. The Morgan fingerprint density at radius 1 is 1.29 bits per heavy atom. The molecule has 2 aliphatic carbocycles. The Kier molecular flexibility index (Phi) is 10.1. The lowest BCUT2D eigenvalue weighted by Crippen LogP contribution is -2.19. The molecule has 1 aromatic rings. The first-order valence-corrected chi connectivity index (χ1v) is 13.0. The Hall–Kier alpha value is -1.97. The van der Waals surface area contributed by atoms with Gasteiger partial charge in [-0.25, -0.2) is 0 Å². The zero-order valence-electron chi connectivity index (χ0n) is 20.3. The third-order valence-corrected chi connectivity index (χ3v) is 7.74. The molecular formula is C28H35Cl2NO4. The summed E-state index contributed by atoms with van der Waals surface area (Å²) in [4.78, 5) is 12.2. The lowest BCUT2D eigenvalue weighted by molar-refractivity contribution is -0.116. The van der Waals surface area contributed by atoms with E-state index in [-0.39, 0.29) is 39.6 Å². The second-order valence-electron chi connectivity index (χ2n) is 9.79. The molecule has 2 fully saturated rings. The van der Waals surface area contributed by atoms with Gasteiger partial charge in [0.05, 0.1) is 22.3 Å². The molecule has 7 heteroatoms. The van der Waals surface area contributed by atoms with Crippen LogP contribution in [0.15, 0.2) is 35.9 Å². The van der Waals surface area contributed by atoms with Gasteiger partial charge >= 0.3 is 0 Å². The largest absolute Gasteiger partial charge is 0.505 e. The van der Waals surface area contributed by atoms with Crippen molar-refractivity contribution >= 4 is 34.8 Å². The highest BCUT2D eigenvalue weighted by atomic mass is 35.5. The maximum Gasteiger partial charge on any atom is 0.224 e. The molecule has 0 spiro atoms. The predicted molar refractivity (Wildman–Crippen MR) is 141 cm³/mol. The van der Waals surface area contributed by atoms with Crippen molar-refractivity contribution in [3.63, 3.8) is 0 Å². The standard InChI is InChI=1S/C28H35Cl2NO4/c1-3-4-7-17(2)25(32)11-10-21-22-13-18(12-19(22)14-26(21)33)8-5-6-9-27(34)31-20-15-23(29)28(35)24(30)16-20/h8,10-11,15-17,19,21-22,25-26,32-33,35H,5-7,9,12-14H2,1-2H3,(H,31,34)/b11-10+,18-8-/t17-,19+,21+,22-,25+,26+/m1/s1. The minimum absolute atomic E-state index is 0.0623. The number of hydrogen-bond donors (Lipinski definition) is 4. The highest BCUT2D eigenvalue weighted by Crippen LogP contribution is 2.50. The number of halogens is 2. The van der Waals surface area contributed by atoms with Crippen molar-refractivity contribution in [2.45, 2.75) is 71.0 Å². The molecule has 5 nitrogen and oxygen atoms in total. The number of carbonyl (C=O) groups excluding carboxylic acids is 1. The highest BCUT2D eigenvalue weighted by molar-refractivity contribution is 6.37. The second kappa shape index (κ2) is 12.8. The van der Waals surface area contributed by atoms with Crippen LogP contribution in [0.2, 0.25) is 10.0 Å². The average molecular weight is 520 g/mol. The number of amides is 1. The number of aliphatic hydroxyl groups excluding tert-OH is 2. The van der Waals surface area contributed by atoms with E-state index >= 15 is 0 Å². The van der Waals surface area contributed by atoms with E-state index in [2.05, 4.69) is 23.2 Å². The summed E-state index contributed by atoms with van der Waals surface area (Å²) in [7, 11) is 0. The molecule has 6 atom stereocenters. The predicted octanol–water partition coefficient (Wildman–Crippen LogP) is 6.11. The first kappa shape index (κ1) is 27.6. The molecule has 190 valence electrons. The molecule has 0 unspecified atom stereocenters. The van der Waals surface area contributed by atoms with E-state index in [1.165, 1.54) is 17.7 Å². The first-order chi connectivity index (χ1) is 16.7. The number of anilines is 1. The summed E-state index contributed by atoms with van der Waals surface area (Å²) in [6, 6.07) is 2.94. The zero-order chi connectivity index (χ0) is 25.5. The van der Waals surface area contributed by atoms with Crippen molar-refractivity contribution in [2.75, 3.05) is 5.32 Å². The Bertz CT molecular complexity index is 1000. The van der Waals surface area contributed by atoms with E-state index in [1.807, 2.05) is 19.1 Å². The molecule has 1 aromatic carbocycles. The lowest BCUT2D eigenvalue weighted by atomic mass is 9.89. The molecule has 0 heterocycles. The van der Waals surface area contributed by atoms with Crippen molar-refractivity contribution in [2.24, 2.45) is 23.7 Å². The third-order valence-electron chi connectivity index (χ3n) is 7.17. The van der Waals surface area contributed by atoms with Gasteiger partial charge < -0.3 is 20.6 Å². The first-order valence-electron chi connectivity index (χ1n) is 12.3. The molecule has 35 heavy (non-hydrogen) atoms. The van der Waals surface area contributed by atoms with Gasteiger partial charge in [0, 0.05) is 24.4 Å². The maximum absolute atomic E-state index is 12.2. The van der Waals surface area contributed by atoms with Crippen LogP contribution in [0.1, 0.15) is 58.8 Å². The Morgan fingerprint density at radius 3 is 2.69 bits per heavy atom. The SMILES string of the molecule is CC#CC[C@@H](C)[C@@H](O)/C=C/[C@H]1[C@@H]2C/C(=C\CCCC(=O)Nc3cc(Cl)c(O)c(Cl)c3)C[C@H]2C[C@@H]1O. The zero-order valence-corrected chi connectivity index (χ0v) is 21.8. The number of nitrogens with one attached hydrogen (secondary N) is 1. The summed E-state index contributed by atoms with van der Waals surface area (Å²) < 4.78 is 0. The monoisotopic (exact) mass is 519 g/mol. The number of phenols is 1. The topological polar surface area (TPSA) is 89.8 Å².